The molecule has 5 nitrogen and oxygen atoms in total. The number of hydrogen-bond acceptors (Lipinski definition) is 4. The van der Waals surface area contributed by atoms with E-state index in [-0.39, 0.29) is 5.75 Å². The zero-order chi connectivity index (χ0) is 18.7. The zero-order valence-electron chi connectivity index (χ0n) is 13.7. The maximum absolute atomic E-state index is 12.2. The lowest BCUT2D eigenvalue weighted by atomic mass is 10.1. The highest BCUT2D eigenvalue weighted by atomic mass is 19.4. The maximum Gasteiger partial charge on any atom is 0.573 e. The number of nitrogens with zero attached hydrogens (tertiary/aromatic N) is 3. The summed E-state index contributed by atoms with van der Waals surface area (Å²) >= 11 is 0. The van der Waals surface area contributed by atoms with Crippen molar-refractivity contribution in [3.63, 3.8) is 0 Å². The van der Waals surface area contributed by atoms with Crippen LogP contribution < -0.4 is 10.5 Å². The van der Waals surface area contributed by atoms with E-state index in [4.69, 9.17) is 5.73 Å². The van der Waals surface area contributed by atoms with Gasteiger partial charge < -0.3 is 10.5 Å². The average Bonchev–Trinajstić information content (AvgIpc) is 3.02. The van der Waals surface area contributed by atoms with E-state index < -0.39 is 6.36 Å². The number of aromatic nitrogens is 3. The summed E-state index contributed by atoms with van der Waals surface area (Å²) in [4.78, 5) is 4.17. The van der Waals surface area contributed by atoms with Gasteiger partial charge in [0.05, 0.1) is 5.69 Å². The Morgan fingerprint density at radius 2 is 1.81 bits per heavy atom. The van der Waals surface area contributed by atoms with Gasteiger partial charge in [0, 0.05) is 5.69 Å². The van der Waals surface area contributed by atoms with Crippen LogP contribution in [0.25, 0.3) is 17.8 Å². The minimum atomic E-state index is -4.72. The number of nitrogen functional groups attached to an aromatic ring is 1. The number of hydrogen-bond donors (Lipinski definition) is 1. The molecule has 0 radical (unpaired) electrons. The van der Waals surface area contributed by atoms with Gasteiger partial charge in [0.25, 0.3) is 0 Å². The largest absolute Gasteiger partial charge is 0.573 e. The zero-order valence-corrected chi connectivity index (χ0v) is 13.7. The van der Waals surface area contributed by atoms with E-state index in [0.29, 0.717) is 17.2 Å². The molecule has 3 rings (SSSR count). The Morgan fingerprint density at radius 1 is 1.08 bits per heavy atom. The van der Waals surface area contributed by atoms with Crippen LogP contribution in [-0.4, -0.2) is 21.1 Å². The van der Waals surface area contributed by atoms with Gasteiger partial charge in [0.1, 0.15) is 12.1 Å². The predicted molar refractivity (Wildman–Crippen MR) is 92.6 cm³/mol. The SMILES string of the molecule is Cc1cc(N)ccc1C=Cc1ncn(-c2ccc(OC(F)(F)F)cc2)n1. The first-order valence-corrected chi connectivity index (χ1v) is 7.62. The van der Waals surface area contributed by atoms with Crippen LogP contribution in [0.4, 0.5) is 18.9 Å². The molecule has 0 spiro atoms. The third-order valence-corrected chi connectivity index (χ3v) is 3.55. The highest BCUT2D eigenvalue weighted by Crippen LogP contribution is 2.23. The summed E-state index contributed by atoms with van der Waals surface area (Å²) in [6.45, 7) is 1.95. The summed E-state index contributed by atoms with van der Waals surface area (Å²) in [5, 5.41) is 4.28. The Labute approximate surface area is 147 Å². The van der Waals surface area contributed by atoms with Crippen LogP contribution in [-0.2, 0) is 0 Å². The maximum atomic E-state index is 12.2. The van der Waals surface area contributed by atoms with E-state index >= 15 is 0 Å². The molecule has 3 aromatic rings. The van der Waals surface area contributed by atoms with Crippen molar-refractivity contribution in [2.24, 2.45) is 0 Å². The van der Waals surface area contributed by atoms with Gasteiger partial charge in [-0.25, -0.2) is 9.67 Å². The topological polar surface area (TPSA) is 66.0 Å². The summed E-state index contributed by atoms with van der Waals surface area (Å²) in [7, 11) is 0. The molecule has 1 heterocycles. The molecule has 0 saturated carbocycles. The highest BCUT2D eigenvalue weighted by molar-refractivity contribution is 5.69. The fourth-order valence-corrected chi connectivity index (χ4v) is 2.33. The Kier molecular flexibility index (Phi) is 4.66. The Bertz CT molecular complexity index is 930. The lowest BCUT2D eigenvalue weighted by Crippen LogP contribution is -2.17. The third kappa shape index (κ3) is 4.41. The summed E-state index contributed by atoms with van der Waals surface area (Å²) in [5.41, 5.74) is 9.00. The van der Waals surface area contributed by atoms with Gasteiger partial charge in [-0.3, -0.25) is 0 Å². The second kappa shape index (κ2) is 6.91. The highest BCUT2D eigenvalue weighted by Gasteiger charge is 2.30. The van der Waals surface area contributed by atoms with Gasteiger partial charge in [0.2, 0.25) is 0 Å². The van der Waals surface area contributed by atoms with E-state index in [1.165, 1.54) is 35.3 Å². The number of aryl methyl sites for hydroxylation is 1. The number of alkyl halides is 3. The Hall–Kier alpha value is -3.29. The first-order chi connectivity index (χ1) is 12.3. The van der Waals surface area contributed by atoms with Gasteiger partial charge in [-0.05, 0) is 60.5 Å². The molecule has 26 heavy (non-hydrogen) atoms. The monoisotopic (exact) mass is 360 g/mol. The lowest BCUT2D eigenvalue weighted by Gasteiger charge is -2.09. The first kappa shape index (κ1) is 17.5. The fraction of sp³-hybridized carbons (Fsp3) is 0.111. The number of nitrogens with two attached hydrogens (primary N) is 1. The van der Waals surface area contributed by atoms with E-state index in [9.17, 15) is 13.2 Å². The summed E-state index contributed by atoms with van der Waals surface area (Å²) in [6.07, 6.45) is 0.382. The molecule has 2 aromatic carbocycles. The van der Waals surface area contributed by atoms with Crippen LogP contribution in [0.15, 0.2) is 48.8 Å². The number of ether oxygens (including phenoxy) is 1. The minimum absolute atomic E-state index is 0.291. The molecule has 0 atom stereocenters. The van der Waals surface area contributed by atoms with Gasteiger partial charge in [-0.15, -0.1) is 18.3 Å². The molecule has 0 amide bonds. The van der Waals surface area contributed by atoms with E-state index in [1.54, 1.807) is 6.08 Å². The summed E-state index contributed by atoms with van der Waals surface area (Å²) in [6, 6.07) is 11.0. The van der Waals surface area contributed by atoms with Crippen molar-refractivity contribution in [1.29, 1.82) is 0 Å². The van der Waals surface area contributed by atoms with Crippen LogP contribution >= 0.6 is 0 Å². The second-order valence-corrected chi connectivity index (χ2v) is 5.54. The van der Waals surface area contributed by atoms with Crippen LogP contribution in [0.1, 0.15) is 17.0 Å². The van der Waals surface area contributed by atoms with Gasteiger partial charge in [0.15, 0.2) is 5.82 Å². The number of anilines is 1. The molecule has 1 aromatic heterocycles. The van der Waals surface area contributed by atoms with E-state index in [1.807, 2.05) is 31.2 Å². The molecule has 0 aliphatic rings. The van der Waals surface area contributed by atoms with Gasteiger partial charge in [-0.2, -0.15) is 0 Å². The fourth-order valence-electron chi connectivity index (χ4n) is 2.33. The molecule has 8 heteroatoms. The molecule has 0 saturated heterocycles. The predicted octanol–water partition coefficient (Wildman–Crippen LogP) is 4.23. The third-order valence-electron chi connectivity index (χ3n) is 3.55. The number of rotatable bonds is 4. The van der Waals surface area contributed by atoms with Crippen molar-refractivity contribution < 1.29 is 17.9 Å². The average molecular weight is 360 g/mol. The van der Waals surface area contributed by atoms with Crippen molar-refractivity contribution in [3.05, 3.63) is 65.7 Å². The van der Waals surface area contributed by atoms with Crippen molar-refractivity contribution in [2.45, 2.75) is 13.3 Å². The van der Waals surface area contributed by atoms with Crippen molar-refractivity contribution >= 4 is 17.8 Å². The van der Waals surface area contributed by atoms with Crippen molar-refractivity contribution in [3.8, 4) is 11.4 Å². The molecule has 0 unspecified atom stereocenters. The van der Waals surface area contributed by atoms with Crippen LogP contribution in [0.3, 0.4) is 0 Å². The molecule has 0 bridgehead atoms. The Balaban J connectivity index is 1.74. The minimum Gasteiger partial charge on any atom is -0.406 e. The molecular weight excluding hydrogens is 345 g/mol. The molecule has 0 aliphatic carbocycles. The van der Waals surface area contributed by atoms with Crippen LogP contribution in [0.5, 0.6) is 5.75 Å². The second-order valence-electron chi connectivity index (χ2n) is 5.54. The summed E-state index contributed by atoms with van der Waals surface area (Å²) < 4.78 is 41.8. The molecule has 2 N–H and O–H groups in total. The summed E-state index contributed by atoms with van der Waals surface area (Å²) in [5.74, 6) is 0.178. The Morgan fingerprint density at radius 3 is 2.46 bits per heavy atom. The molecule has 134 valence electrons. The van der Waals surface area contributed by atoms with Gasteiger partial charge in [-0.1, -0.05) is 12.1 Å². The van der Waals surface area contributed by atoms with E-state index in [2.05, 4.69) is 14.8 Å². The van der Waals surface area contributed by atoms with Crippen LogP contribution in [0, 0.1) is 6.92 Å². The van der Waals surface area contributed by atoms with Crippen molar-refractivity contribution in [2.75, 3.05) is 5.73 Å². The number of benzene rings is 2. The van der Waals surface area contributed by atoms with Crippen LogP contribution in [0.2, 0.25) is 0 Å². The normalized spacial score (nSPS) is 11.8. The van der Waals surface area contributed by atoms with Crippen molar-refractivity contribution in [1.82, 2.24) is 14.8 Å². The number of halogens is 3. The quantitative estimate of drug-likeness (QED) is 0.707. The van der Waals surface area contributed by atoms with E-state index in [0.717, 1.165) is 11.1 Å². The lowest BCUT2D eigenvalue weighted by molar-refractivity contribution is -0.274. The molecule has 0 fully saturated rings. The molecule has 0 aliphatic heterocycles. The standard InChI is InChI=1S/C18H15F3N4O/c1-12-10-14(22)4-2-13(12)3-9-17-23-11-25(24-17)15-5-7-16(8-6-15)26-18(19,20)21/h2-11H,22H2,1H3. The smallest absolute Gasteiger partial charge is 0.406 e. The first-order valence-electron chi connectivity index (χ1n) is 7.62. The molecular formula is C18H15F3N4O. The van der Waals surface area contributed by atoms with Gasteiger partial charge >= 0.3 is 6.36 Å².